The van der Waals surface area contributed by atoms with Gasteiger partial charge in [-0.25, -0.2) is 0 Å². The lowest BCUT2D eigenvalue weighted by molar-refractivity contribution is -0.123. The molecule has 0 aromatic heterocycles. The number of carbonyl (C=O) groups is 1. The zero-order valence-corrected chi connectivity index (χ0v) is 16.1. The van der Waals surface area contributed by atoms with E-state index in [1.165, 1.54) is 31.2 Å². The predicted octanol–water partition coefficient (Wildman–Crippen LogP) is 2.75. The van der Waals surface area contributed by atoms with Gasteiger partial charge in [0.2, 0.25) is 5.91 Å². The summed E-state index contributed by atoms with van der Waals surface area (Å²) in [6.45, 7) is 7.87. The second-order valence-electron chi connectivity index (χ2n) is 8.73. The minimum absolute atomic E-state index is 0.219. The summed E-state index contributed by atoms with van der Waals surface area (Å²) in [7, 11) is 0. The van der Waals surface area contributed by atoms with E-state index >= 15 is 0 Å². The van der Waals surface area contributed by atoms with Crippen molar-refractivity contribution in [1.29, 1.82) is 0 Å². The molecule has 3 aliphatic rings. The van der Waals surface area contributed by atoms with Crippen LogP contribution in [0, 0.1) is 17.8 Å². The SMILES string of the molecule is C[C@@H](NC(=O)CN1CCN(Cc2ccccc2)CC1)[C@@H]1C[C@@H]2CC[C@@H]1C2. The fraction of sp³-hybridized carbons (Fsp3) is 0.682. The highest BCUT2D eigenvalue weighted by atomic mass is 16.2. The van der Waals surface area contributed by atoms with E-state index in [-0.39, 0.29) is 5.91 Å². The number of carbonyl (C=O) groups excluding carboxylic acids is 1. The Morgan fingerprint density at radius 1 is 1.08 bits per heavy atom. The number of nitrogens with zero attached hydrogens (tertiary/aromatic N) is 2. The van der Waals surface area contributed by atoms with Gasteiger partial charge in [0, 0.05) is 38.8 Å². The van der Waals surface area contributed by atoms with Crippen LogP contribution in [0.3, 0.4) is 0 Å². The number of rotatable bonds is 6. The standard InChI is InChI=1S/C22H33N3O/c1-17(21-14-19-7-8-20(21)13-19)23-22(26)16-25-11-9-24(10-12-25)15-18-5-3-2-4-6-18/h2-6,17,19-21H,7-16H2,1H3,(H,23,26)/t17-,19-,20-,21+/m1/s1. The second-order valence-corrected chi connectivity index (χ2v) is 8.73. The molecule has 1 heterocycles. The van der Waals surface area contributed by atoms with E-state index < -0.39 is 0 Å². The lowest BCUT2D eigenvalue weighted by Gasteiger charge is -2.35. The smallest absolute Gasteiger partial charge is 0.234 e. The predicted molar refractivity (Wildman–Crippen MR) is 105 cm³/mol. The van der Waals surface area contributed by atoms with Crippen LogP contribution in [-0.2, 0) is 11.3 Å². The van der Waals surface area contributed by atoms with E-state index in [2.05, 4.69) is 52.4 Å². The Kier molecular flexibility index (Phi) is 5.60. The first-order valence-corrected chi connectivity index (χ1v) is 10.5. The number of amides is 1. The fourth-order valence-corrected chi connectivity index (χ4v) is 5.46. The summed E-state index contributed by atoms with van der Waals surface area (Å²) in [6, 6.07) is 11.0. The summed E-state index contributed by atoms with van der Waals surface area (Å²) in [4.78, 5) is 17.3. The number of nitrogens with one attached hydrogen (secondary N) is 1. The van der Waals surface area contributed by atoms with E-state index in [4.69, 9.17) is 0 Å². The normalized spacial score (nSPS) is 30.4. The van der Waals surface area contributed by atoms with Crippen LogP contribution in [0.2, 0.25) is 0 Å². The first-order chi connectivity index (χ1) is 12.7. The van der Waals surface area contributed by atoms with Crippen molar-refractivity contribution in [2.45, 2.75) is 45.2 Å². The van der Waals surface area contributed by atoms with Gasteiger partial charge in [0.15, 0.2) is 0 Å². The van der Waals surface area contributed by atoms with Crippen LogP contribution in [0.1, 0.15) is 38.2 Å². The van der Waals surface area contributed by atoms with E-state index in [0.29, 0.717) is 12.6 Å². The van der Waals surface area contributed by atoms with E-state index in [9.17, 15) is 4.79 Å². The molecule has 1 amide bonds. The first-order valence-electron chi connectivity index (χ1n) is 10.5. The van der Waals surface area contributed by atoms with Gasteiger partial charge in [0.05, 0.1) is 6.54 Å². The van der Waals surface area contributed by atoms with Crippen LogP contribution in [-0.4, -0.2) is 54.5 Å². The third-order valence-electron chi connectivity index (χ3n) is 6.90. The summed E-state index contributed by atoms with van der Waals surface area (Å²) < 4.78 is 0. The maximum atomic E-state index is 12.5. The van der Waals surface area contributed by atoms with Crippen molar-refractivity contribution < 1.29 is 4.79 Å². The summed E-state index contributed by atoms with van der Waals surface area (Å²) in [6.07, 6.45) is 5.56. The van der Waals surface area contributed by atoms with Crippen LogP contribution in [0.5, 0.6) is 0 Å². The maximum Gasteiger partial charge on any atom is 0.234 e. The summed E-state index contributed by atoms with van der Waals surface area (Å²) in [5.74, 6) is 2.76. The van der Waals surface area contributed by atoms with Crippen molar-refractivity contribution in [3.8, 4) is 0 Å². The van der Waals surface area contributed by atoms with Crippen molar-refractivity contribution in [3.63, 3.8) is 0 Å². The highest BCUT2D eigenvalue weighted by Gasteiger charge is 2.42. The third kappa shape index (κ3) is 4.29. The molecule has 26 heavy (non-hydrogen) atoms. The number of fused-ring (bicyclic) bond motifs is 2. The molecule has 0 radical (unpaired) electrons. The molecule has 3 fully saturated rings. The first kappa shape index (κ1) is 18.0. The monoisotopic (exact) mass is 355 g/mol. The largest absolute Gasteiger partial charge is 0.352 e. The molecular formula is C22H33N3O. The molecule has 4 nitrogen and oxygen atoms in total. The zero-order chi connectivity index (χ0) is 17.9. The quantitative estimate of drug-likeness (QED) is 0.852. The van der Waals surface area contributed by atoms with Gasteiger partial charge in [-0.2, -0.15) is 0 Å². The molecule has 2 aliphatic carbocycles. The van der Waals surface area contributed by atoms with Gasteiger partial charge in [-0.3, -0.25) is 14.6 Å². The van der Waals surface area contributed by atoms with Gasteiger partial charge in [0.1, 0.15) is 0 Å². The van der Waals surface area contributed by atoms with Crippen LogP contribution in [0.4, 0.5) is 0 Å². The molecule has 4 heteroatoms. The number of piperazine rings is 1. The summed E-state index contributed by atoms with van der Waals surface area (Å²) in [5.41, 5.74) is 1.37. The summed E-state index contributed by atoms with van der Waals surface area (Å²) >= 11 is 0. The second kappa shape index (κ2) is 8.10. The number of hydrogen-bond donors (Lipinski definition) is 1. The molecule has 142 valence electrons. The number of benzene rings is 1. The third-order valence-corrected chi connectivity index (χ3v) is 6.90. The van der Waals surface area contributed by atoms with Crippen LogP contribution in [0.15, 0.2) is 30.3 Å². The number of hydrogen-bond acceptors (Lipinski definition) is 3. The average molecular weight is 356 g/mol. The molecular weight excluding hydrogens is 322 g/mol. The molecule has 2 saturated carbocycles. The Bertz CT molecular complexity index is 597. The Hall–Kier alpha value is -1.39. The van der Waals surface area contributed by atoms with Crippen LogP contribution in [0.25, 0.3) is 0 Å². The van der Waals surface area contributed by atoms with E-state index in [1.54, 1.807) is 0 Å². The van der Waals surface area contributed by atoms with Crippen LogP contribution >= 0.6 is 0 Å². The zero-order valence-electron chi connectivity index (χ0n) is 16.1. The summed E-state index contributed by atoms with van der Waals surface area (Å²) in [5, 5.41) is 3.31. The van der Waals surface area contributed by atoms with Gasteiger partial charge < -0.3 is 5.32 Å². The maximum absolute atomic E-state index is 12.5. The van der Waals surface area contributed by atoms with Crippen LogP contribution < -0.4 is 5.32 Å². The average Bonchev–Trinajstić information content (AvgIpc) is 3.28. The molecule has 4 rings (SSSR count). The van der Waals surface area contributed by atoms with Crippen molar-refractivity contribution in [3.05, 3.63) is 35.9 Å². The molecule has 0 spiro atoms. The van der Waals surface area contributed by atoms with Gasteiger partial charge in [-0.15, -0.1) is 0 Å². The molecule has 0 unspecified atom stereocenters. The molecule has 1 aromatic carbocycles. The fourth-order valence-electron chi connectivity index (χ4n) is 5.46. The Labute approximate surface area is 157 Å². The molecule has 1 aromatic rings. The minimum atomic E-state index is 0.219. The Morgan fingerprint density at radius 2 is 1.81 bits per heavy atom. The molecule has 1 N–H and O–H groups in total. The van der Waals surface area contributed by atoms with Gasteiger partial charge in [-0.1, -0.05) is 36.8 Å². The van der Waals surface area contributed by atoms with E-state index in [0.717, 1.165) is 50.5 Å². The molecule has 1 aliphatic heterocycles. The molecule has 2 bridgehead atoms. The lowest BCUT2D eigenvalue weighted by atomic mass is 9.84. The van der Waals surface area contributed by atoms with Gasteiger partial charge in [0.25, 0.3) is 0 Å². The van der Waals surface area contributed by atoms with Crippen molar-refractivity contribution in [2.75, 3.05) is 32.7 Å². The highest BCUT2D eigenvalue weighted by Crippen LogP contribution is 2.49. The molecule has 1 saturated heterocycles. The van der Waals surface area contributed by atoms with Gasteiger partial charge >= 0.3 is 0 Å². The highest BCUT2D eigenvalue weighted by molar-refractivity contribution is 5.78. The van der Waals surface area contributed by atoms with Crippen molar-refractivity contribution in [1.82, 2.24) is 15.1 Å². The van der Waals surface area contributed by atoms with Gasteiger partial charge in [-0.05, 0) is 49.5 Å². The topological polar surface area (TPSA) is 35.6 Å². The van der Waals surface area contributed by atoms with E-state index in [1.807, 2.05) is 0 Å². The molecule has 4 atom stereocenters. The van der Waals surface area contributed by atoms with Crippen molar-refractivity contribution >= 4 is 5.91 Å². The Morgan fingerprint density at radius 3 is 2.46 bits per heavy atom. The van der Waals surface area contributed by atoms with Crippen molar-refractivity contribution in [2.24, 2.45) is 17.8 Å². The minimum Gasteiger partial charge on any atom is -0.352 e. The lowest BCUT2D eigenvalue weighted by Crippen LogP contribution is -2.50. The Balaban J connectivity index is 1.17.